The van der Waals surface area contributed by atoms with Crippen LogP contribution in [0.3, 0.4) is 0 Å². The van der Waals surface area contributed by atoms with Gasteiger partial charge in [0.05, 0.1) is 13.2 Å². The van der Waals surface area contributed by atoms with Gasteiger partial charge in [0.25, 0.3) is 0 Å². The van der Waals surface area contributed by atoms with Crippen LogP contribution in [0.15, 0.2) is 28.7 Å². The topological polar surface area (TPSA) is 37.6 Å². The maximum absolute atomic E-state index is 5.95. The van der Waals surface area contributed by atoms with Crippen LogP contribution in [-0.4, -0.2) is 38.8 Å². The average Bonchev–Trinajstić information content (AvgIpc) is 2.78. The normalized spacial score (nSPS) is 11.6. The predicted molar refractivity (Wildman–Crippen MR) is 81.8 cm³/mol. The number of furan rings is 1. The highest BCUT2D eigenvalue weighted by Crippen LogP contribution is 2.26. The molecule has 0 saturated carbocycles. The van der Waals surface area contributed by atoms with Gasteiger partial charge in [0, 0.05) is 30.6 Å². The van der Waals surface area contributed by atoms with E-state index in [-0.39, 0.29) is 0 Å². The van der Waals surface area contributed by atoms with Crippen molar-refractivity contribution in [2.75, 3.05) is 33.9 Å². The Balaban J connectivity index is 2.16. The fourth-order valence-electron chi connectivity index (χ4n) is 2.34. The van der Waals surface area contributed by atoms with Crippen molar-refractivity contribution in [2.24, 2.45) is 0 Å². The van der Waals surface area contributed by atoms with Gasteiger partial charge in [-0.15, -0.1) is 0 Å². The third kappa shape index (κ3) is 3.60. The van der Waals surface area contributed by atoms with Crippen LogP contribution in [-0.2, 0) is 17.8 Å². The summed E-state index contributed by atoms with van der Waals surface area (Å²) in [5.74, 6) is 1.02. The van der Waals surface area contributed by atoms with Gasteiger partial charge >= 0.3 is 0 Å². The van der Waals surface area contributed by atoms with Crippen LogP contribution < -0.4 is 5.32 Å². The van der Waals surface area contributed by atoms with Gasteiger partial charge in [0.2, 0.25) is 0 Å². The Morgan fingerprint density at radius 1 is 1.30 bits per heavy atom. The van der Waals surface area contributed by atoms with Gasteiger partial charge in [-0.3, -0.25) is 4.90 Å². The summed E-state index contributed by atoms with van der Waals surface area (Å²) in [6, 6.07) is 8.23. The monoisotopic (exact) mass is 276 g/mol. The molecule has 20 heavy (non-hydrogen) atoms. The maximum atomic E-state index is 5.95. The molecule has 0 saturated heterocycles. The number of ether oxygens (including phenoxy) is 1. The van der Waals surface area contributed by atoms with Crippen molar-refractivity contribution in [1.82, 2.24) is 10.2 Å². The van der Waals surface area contributed by atoms with Crippen molar-refractivity contribution in [2.45, 2.75) is 20.0 Å². The molecule has 0 fully saturated rings. The predicted octanol–water partition coefficient (Wildman–Crippen LogP) is 2.62. The second kappa shape index (κ2) is 7.43. The van der Waals surface area contributed by atoms with Crippen LogP contribution in [0.25, 0.3) is 11.0 Å². The molecule has 0 atom stereocenters. The molecular formula is C16H24N2O2. The molecule has 0 spiro atoms. The molecule has 4 heteroatoms. The molecule has 0 unspecified atom stereocenters. The molecule has 0 radical (unpaired) electrons. The molecule has 0 bridgehead atoms. The fraction of sp³-hybridized carbons (Fsp3) is 0.500. The lowest BCUT2D eigenvalue weighted by molar-refractivity contribution is 0.120. The lowest BCUT2D eigenvalue weighted by Crippen LogP contribution is -2.23. The lowest BCUT2D eigenvalue weighted by Gasteiger charge is -2.16. The second-order valence-electron chi connectivity index (χ2n) is 4.96. The number of rotatable bonds is 8. The van der Waals surface area contributed by atoms with Gasteiger partial charge in [-0.2, -0.15) is 0 Å². The van der Waals surface area contributed by atoms with Crippen molar-refractivity contribution in [3.8, 4) is 0 Å². The highest BCUT2D eigenvalue weighted by molar-refractivity contribution is 5.82. The number of nitrogens with zero attached hydrogens (tertiary/aromatic N) is 1. The number of benzene rings is 1. The van der Waals surface area contributed by atoms with Gasteiger partial charge in [0.15, 0.2) is 0 Å². The Kier molecular flexibility index (Phi) is 5.59. The van der Waals surface area contributed by atoms with Crippen LogP contribution in [0.1, 0.15) is 18.2 Å². The van der Waals surface area contributed by atoms with E-state index in [0.29, 0.717) is 0 Å². The molecule has 1 aromatic carbocycles. The molecule has 2 rings (SSSR count). The average molecular weight is 276 g/mol. The Labute approximate surface area is 120 Å². The van der Waals surface area contributed by atoms with Crippen LogP contribution in [0.4, 0.5) is 0 Å². The van der Waals surface area contributed by atoms with E-state index in [9.17, 15) is 0 Å². The minimum absolute atomic E-state index is 0.753. The van der Waals surface area contributed by atoms with Gasteiger partial charge in [0.1, 0.15) is 11.3 Å². The van der Waals surface area contributed by atoms with E-state index in [1.807, 2.05) is 26.1 Å². The molecule has 1 heterocycles. The smallest absolute Gasteiger partial charge is 0.134 e. The number of hydrogen-bond donors (Lipinski definition) is 1. The SMILES string of the molecule is CCOCCN(C)Cc1c(CNC)oc2ccccc12. The molecule has 1 aromatic heterocycles. The fourth-order valence-corrected chi connectivity index (χ4v) is 2.34. The summed E-state index contributed by atoms with van der Waals surface area (Å²) in [7, 11) is 4.06. The molecule has 0 aliphatic carbocycles. The minimum atomic E-state index is 0.753. The maximum Gasteiger partial charge on any atom is 0.134 e. The first-order valence-electron chi connectivity index (χ1n) is 7.16. The summed E-state index contributed by atoms with van der Waals surface area (Å²) in [6.45, 7) is 6.11. The van der Waals surface area contributed by atoms with E-state index < -0.39 is 0 Å². The van der Waals surface area contributed by atoms with Crippen LogP contribution in [0.2, 0.25) is 0 Å². The number of likely N-dealkylation sites (N-methyl/N-ethyl adjacent to an activating group) is 1. The highest BCUT2D eigenvalue weighted by Gasteiger charge is 2.14. The van der Waals surface area contributed by atoms with Crippen molar-refractivity contribution in [3.63, 3.8) is 0 Å². The second-order valence-corrected chi connectivity index (χ2v) is 4.96. The van der Waals surface area contributed by atoms with Crippen LogP contribution in [0, 0.1) is 0 Å². The molecule has 110 valence electrons. The number of para-hydroxylation sites is 1. The number of fused-ring (bicyclic) bond motifs is 1. The van der Waals surface area contributed by atoms with E-state index in [0.717, 1.165) is 44.2 Å². The minimum Gasteiger partial charge on any atom is -0.459 e. The van der Waals surface area contributed by atoms with E-state index in [1.54, 1.807) is 0 Å². The van der Waals surface area contributed by atoms with Crippen molar-refractivity contribution < 1.29 is 9.15 Å². The zero-order chi connectivity index (χ0) is 14.4. The molecule has 4 nitrogen and oxygen atoms in total. The summed E-state index contributed by atoms with van der Waals surface area (Å²) in [6.07, 6.45) is 0. The summed E-state index contributed by atoms with van der Waals surface area (Å²) >= 11 is 0. The largest absolute Gasteiger partial charge is 0.459 e. The molecule has 0 aliphatic rings. The zero-order valence-corrected chi connectivity index (χ0v) is 12.6. The quantitative estimate of drug-likeness (QED) is 0.752. The Bertz CT molecular complexity index is 536. The first kappa shape index (κ1) is 15.0. The van der Waals surface area contributed by atoms with Gasteiger partial charge in [-0.25, -0.2) is 0 Å². The van der Waals surface area contributed by atoms with Gasteiger partial charge in [-0.1, -0.05) is 18.2 Å². The summed E-state index contributed by atoms with van der Waals surface area (Å²) in [4.78, 5) is 2.27. The standard InChI is InChI=1S/C16H24N2O2/c1-4-19-10-9-18(3)12-14-13-7-5-6-8-15(13)20-16(14)11-17-2/h5-8,17H,4,9-12H2,1-3H3. The number of hydrogen-bond acceptors (Lipinski definition) is 4. The van der Waals surface area contributed by atoms with Gasteiger partial charge < -0.3 is 14.5 Å². The number of nitrogens with one attached hydrogen (secondary N) is 1. The molecule has 1 N–H and O–H groups in total. The van der Waals surface area contributed by atoms with Gasteiger partial charge in [-0.05, 0) is 27.1 Å². The Morgan fingerprint density at radius 3 is 2.85 bits per heavy atom. The molecular weight excluding hydrogens is 252 g/mol. The third-order valence-electron chi connectivity index (χ3n) is 3.37. The zero-order valence-electron chi connectivity index (χ0n) is 12.6. The van der Waals surface area contributed by atoms with E-state index >= 15 is 0 Å². The van der Waals surface area contributed by atoms with E-state index in [4.69, 9.17) is 9.15 Å². The van der Waals surface area contributed by atoms with Crippen molar-refractivity contribution in [3.05, 3.63) is 35.6 Å². The molecule has 2 aromatic rings. The summed E-state index contributed by atoms with van der Waals surface area (Å²) < 4.78 is 11.4. The highest BCUT2D eigenvalue weighted by atomic mass is 16.5. The summed E-state index contributed by atoms with van der Waals surface area (Å²) in [5, 5.41) is 4.38. The molecule has 0 amide bonds. The summed E-state index contributed by atoms with van der Waals surface area (Å²) in [5.41, 5.74) is 2.24. The van der Waals surface area contributed by atoms with Crippen LogP contribution >= 0.6 is 0 Å². The Morgan fingerprint density at radius 2 is 2.10 bits per heavy atom. The van der Waals surface area contributed by atoms with E-state index in [2.05, 4.69) is 29.4 Å². The van der Waals surface area contributed by atoms with Crippen LogP contribution in [0.5, 0.6) is 0 Å². The van der Waals surface area contributed by atoms with Crippen molar-refractivity contribution in [1.29, 1.82) is 0 Å². The molecule has 0 aliphatic heterocycles. The van der Waals surface area contributed by atoms with Crippen molar-refractivity contribution >= 4 is 11.0 Å². The Hall–Kier alpha value is -1.36. The van der Waals surface area contributed by atoms with E-state index in [1.165, 1.54) is 10.9 Å². The first-order valence-corrected chi connectivity index (χ1v) is 7.16. The lowest BCUT2D eigenvalue weighted by atomic mass is 10.1. The third-order valence-corrected chi connectivity index (χ3v) is 3.37. The first-order chi connectivity index (χ1) is 9.76.